The van der Waals surface area contributed by atoms with Crippen molar-refractivity contribution in [2.45, 2.75) is 77.8 Å². The van der Waals surface area contributed by atoms with Gasteiger partial charge in [-0.25, -0.2) is 0 Å². The molecule has 116 valence electrons. The Labute approximate surface area is 124 Å². The van der Waals surface area contributed by atoms with Gasteiger partial charge in [-0.1, -0.05) is 26.7 Å². The summed E-state index contributed by atoms with van der Waals surface area (Å²) in [5.41, 5.74) is 0. The SMILES string of the molecule is CC(C)CCC1CCCC1NC(=O)[C@H]1CCN[C@@H](C)C1. The summed E-state index contributed by atoms with van der Waals surface area (Å²) in [5.74, 6) is 2.05. The normalized spacial score (nSPS) is 34.4. The summed E-state index contributed by atoms with van der Waals surface area (Å²) in [5, 5.41) is 6.80. The lowest BCUT2D eigenvalue weighted by atomic mass is 9.90. The molecule has 0 spiro atoms. The van der Waals surface area contributed by atoms with Crippen molar-refractivity contribution in [1.82, 2.24) is 10.6 Å². The zero-order chi connectivity index (χ0) is 14.5. The largest absolute Gasteiger partial charge is 0.353 e. The molecule has 2 rings (SSSR count). The fourth-order valence-electron chi connectivity index (χ4n) is 3.79. The molecule has 0 bridgehead atoms. The van der Waals surface area contributed by atoms with Gasteiger partial charge in [0.25, 0.3) is 0 Å². The van der Waals surface area contributed by atoms with Crippen LogP contribution >= 0.6 is 0 Å². The quantitative estimate of drug-likeness (QED) is 0.812. The molecule has 4 atom stereocenters. The van der Waals surface area contributed by atoms with Crippen LogP contribution < -0.4 is 10.6 Å². The third-order valence-electron chi connectivity index (χ3n) is 5.10. The van der Waals surface area contributed by atoms with Gasteiger partial charge in [0.15, 0.2) is 0 Å². The first-order valence-corrected chi connectivity index (χ1v) is 8.60. The van der Waals surface area contributed by atoms with E-state index in [0.29, 0.717) is 18.0 Å². The molecule has 1 aliphatic heterocycles. The van der Waals surface area contributed by atoms with Gasteiger partial charge >= 0.3 is 0 Å². The van der Waals surface area contributed by atoms with Gasteiger partial charge in [-0.2, -0.15) is 0 Å². The van der Waals surface area contributed by atoms with Crippen LogP contribution in [0.25, 0.3) is 0 Å². The van der Waals surface area contributed by atoms with Crippen LogP contribution in [0.5, 0.6) is 0 Å². The molecule has 1 saturated carbocycles. The first kappa shape index (κ1) is 15.8. The van der Waals surface area contributed by atoms with Crippen LogP contribution in [0.1, 0.15) is 65.7 Å². The second kappa shape index (κ2) is 7.44. The Kier molecular flexibility index (Phi) is 5.88. The lowest BCUT2D eigenvalue weighted by Gasteiger charge is -2.29. The maximum absolute atomic E-state index is 12.4. The van der Waals surface area contributed by atoms with E-state index in [2.05, 4.69) is 31.4 Å². The van der Waals surface area contributed by atoms with Crippen molar-refractivity contribution in [1.29, 1.82) is 0 Å². The topological polar surface area (TPSA) is 41.1 Å². The van der Waals surface area contributed by atoms with E-state index < -0.39 is 0 Å². The monoisotopic (exact) mass is 280 g/mol. The second-order valence-electron chi connectivity index (χ2n) is 7.35. The van der Waals surface area contributed by atoms with Crippen molar-refractivity contribution in [3.05, 3.63) is 0 Å². The molecule has 2 fully saturated rings. The fraction of sp³-hybridized carbons (Fsp3) is 0.941. The minimum atomic E-state index is 0.234. The van der Waals surface area contributed by atoms with Gasteiger partial charge < -0.3 is 10.6 Å². The number of nitrogens with one attached hydrogen (secondary N) is 2. The fourth-order valence-corrected chi connectivity index (χ4v) is 3.79. The maximum atomic E-state index is 12.4. The van der Waals surface area contributed by atoms with Crippen LogP contribution in [0.4, 0.5) is 0 Å². The standard InChI is InChI=1S/C17H32N2O/c1-12(2)7-8-14-5-4-6-16(14)19-17(20)15-9-10-18-13(3)11-15/h12-16,18H,4-11H2,1-3H3,(H,19,20)/t13-,14?,15-,16?/m0/s1. The molecule has 20 heavy (non-hydrogen) atoms. The van der Waals surface area contributed by atoms with E-state index in [-0.39, 0.29) is 5.92 Å². The number of carbonyl (C=O) groups excluding carboxylic acids is 1. The van der Waals surface area contributed by atoms with Gasteiger partial charge in [-0.05, 0) is 57.4 Å². The minimum Gasteiger partial charge on any atom is -0.353 e. The lowest BCUT2D eigenvalue weighted by molar-refractivity contribution is -0.127. The second-order valence-corrected chi connectivity index (χ2v) is 7.35. The van der Waals surface area contributed by atoms with Crippen molar-refractivity contribution >= 4 is 5.91 Å². The Morgan fingerprint density at radius 1 is 1.30 bits per heavy atom. The predicted octanol–water partition coefficient (Wildman–Crippen LogP) is 3.10. The highest BCUT2D eigenvalue weighted by atomic mass is 16.1. The zero-order valence-corrected chi connectivity index (χ0v) is 13.5. The van der Waals surface area contributed by atoms with Gasteiger partial charge in [-0.3, -0.25) is 4.79 Å². The zero-order valence-electron chi connectivity index (χ0n) is 13.5. The van der Waals surface area contributed by atoms with E-state index in [9.17, 15) is 4.79 Å². The maximum Gasteiger partial charge on any atom is 0.223 e. The molecular formula is C17H32N2O. The van der Waals surface area contributed by atoms with Crippen molar-refractivity contribution in [2.75, 3.05) is 6.54 Å². The summed E-state index contributed by atoms with van der Waals surface area (Å²) in [6, 6.07) is 0.936. The van der Waals surface area contributed by atoms with E-state index in [0.717, 1.165) is 31.2 Å². The van der Waals surface area contributed by atoms with Crippen molar-refractivity contribution in [3.63, 3.8) is 0 Å². The van der Waals surface area contributed by atoms with Crippen LogP contribution in [-0.2, 0) is 4.79 Å². The van der Waals surface area contributed by atoms with Gasteiger partial charge in [0.2, 0.25) is 5.91 Å². The Hall–Kier alpha value is -0.570. The summed E-state index contributed by atoms with van der Waals surface area (Å²) in [6.07, 6.45) is 8.35. The molecule has 0 aromatic rings. The molecular weight excluding hydrogens is 248 g/mol. The van der Waals surface area contributed by atoms with E-state index in [1.807, 2.05) is 0 Å². The van der Waals surface area contributed by atoms with E-state index in [1.165, 1.54) is 32.1 Å². The summed E-state index contributed by atoms with van der Waals surface area (Å²) < 4.78 is 0. The molecule has 1 saturated heterocycles. The highest BCUT2D eigenvalue weighted by molar-refractivity contribution is 5.79. The van der Waals surface area contributed by atoms with Crippen LogP contribution in [0, 0.1) is 17.8 Å². The third kappa shape index (κ3) is 4.47. The summed E-state index contributed by atoms with van der Waals surface area (Å²) in [6.45, 7) is 7.75. The summed E-state index contributed by atoms with van der Waals surface area (Å²) in [4.78, 5) is 12.4. The average Bonchev–Trinajstić information content (AvgIpc) is 2.83. The predicted molar refractivity (Wildman–Crippen MR) is 83.5 cm³/mol. The molecule has 3 heteroatoms. The Morgan fingerprint density at radius 3 is 2.80 bits per heavy atom. The third-order valence-corrected chi connectivity index (χ3v) is 5.10. The molecule has 2 N–H and O–H groups in total. The molecule has 2 unspecified atom stereocenters. The summed E-state index contributed by atoms with van der Waals surface area (Å²) >= 11 is 0. The number of rotatable bonds is 5. The lowest BCUT2D eigenvalue weighted by Crippen LogP contribution is -2.46. The Morgan fingerprint density at radius 2 is 2.10 bits per heavy atom. The number of piperidine rings is 1. The van der Waals surface area contributed by atoms with E-state index >= 15 is 0 Å². The van der Waals surface area contributed by atoms with E-state index in [4.69, 9.17) is 0 Å². The smallest absolute Gasteiger partial charge is 0.223 e. The molecule has 1 heterocycles. The Bertz CT molecular complexity index is 316. The van der Waals surface area contributed by atoms with Crippen molar-refractivity contribution in [3.8, 4) is 0 Å². The van der Waals surface area contributed by atoms with Crippen LogP contribution in [0.15, 0.2) is 0 Å². The van der Waals surface area contributed by atoms with E-state index in [1.54, 1.807) is 0 Å². The molecule has 3 nitrogen and oxygen atoms in total. The number of hydrogen-bond acceptors (Lipinski definition) is 2. The van der Waals surface area contributed by atoms with Gasteiger partial charge in [0, 0.05) is 18.0 Å². The Balaban J connectivity index is 1.80. The minimum absolute atomic E-state index is 0.234. The molecule has 0 aromatic carbocycles. The first-order chi connectivity index (χ1) is 9.56. The molecule has 1 amide bonds. The average molecular weight is 280 g/mol. The first-order valence-electron chi connectivity index (χ1n) is 8.60. The van der Waals surface area contributed by atoms with Crippen LogP contribution in [0.3, 0.4) is 0 Å². The number of hydrogen-bond donors (Lipinski definition) is 2. The van der Waals surface area contributed by atoms with Crippen molar-refractivity contribution < 1.29 is 4.79 Å². The van der Waals surface area contributed by atoms with Crippen molar-refractivity contribution in [2.24, 2.45) is 17.8 Å². The van der Waals surface area contributed by atoms with Gasteiger partial charge in [-0.15, -0.1) is 0 Å². The highest BCUT2D eigenvalue weighted by Gasteiger charge is 2.31. The molecule has 0 aromatic heterocycles. The van der Waals surface area contributed by atoms with Gasteiger partial charge in [0.05, 0.1) is 0 Å². The molecule has 2 aliphatic rings. The highest BCUT2D eigenvalue weighted by Crippen LogP contribution is 2.31. The van der Waals surface area contributed by atoms with Gasteiger partial charge in [0.1, 0.15) is 0 Å². The van der Waals surface area contributed by atoms with Crippen LogP contribution in [0.2, 0.25) is 0 Å². The number of amides is 1. The van der Waals surface area contributed by atoms with Crippen LogP contribution in [-0.4, -0.2) is 24.5 Å². The number of carbonyl (C=O) groups is 1. The molecule has 1 aliphatic carbocycles. The molecule has 0 radical (unpaired) electrons. The summed E-state index contributed by atoms with van der Waals surface area (Å²) in [7, 11) is 0.